The monoisotopic (exact) mass is 247 g/mol. The zero-order valence-electron chi connectivity index (χ0n) is 10.5. The molecule has 1 aliphatic rings. The van der Waals surface area contributed by atoms with E-state index >= 15 is 0 Å². The van der Waals surface area contributed by atoms with Crippen LogP contribution in [-0.4, -0.2) is 19.1 Å². The minimum atomic E-state index is -0.370. The molecule has 0 saturated carbocycles. The Kier molecular flexibility index (Phi) is 4.16. The summed E-state index contributed by atoms with van der Waals surface area (Å²) in [6, 6.07) is 6.61. The highest BCUT2D eigenvalue weighted by molar-refractivity contribution is 5.50. The third-order valence-corrected chi connectivity index (χ3v) is 3.46. The molecule has 0 bridgehead atoms. The van der Waals surface area contributed by atoms with Gasteiger partial charge in [0.25, 0.3) is 0 Å². The summed E-state index contributed by atoms with van der Waals surface area (Å²) in [5.74, 6) is 0.179. The quantitative estimate of drug-likeness (QED) is 0.862. The zero-order valence-corrected chi connectivity index (χ0v) is 10.5. The molecule has 2 unspecified atom stereocenters. The molecule has 1 aromatic rings. The molecule has 4 heteroatoms. The smallest absolute Gasteiger partial charge is 0.126 e. The number of nitrogens with one attached hydrogen (secondary N) is 2. The highest BCUT2D eigenvalue weighted by atomic mass is 19.1. The lowest BCUT2D eigenvalue weighted by atomic mass is 9.92. The number of hydrogen-bond donors (Lipinski definition) is 2. The van der Waals surface area contributed by atoms with E-state index in [4.69, 9.17) is 5.26 Å². The largest absolute Gasteiger partial charge is 0.382 e. The lowest BCUT2D eigenvalue weighted by molar-refractivity contribution is 0.347. The molecule has 1 aromatic carbocycles. The first-order valence-electron chi connectivity index (χ1n) is 6.37. The molecular formula is C14H18FN3. The topological polar surface area (TPSA) is 47.9 Å². The van der Waals surface area contributed by atoms with Gasteiger partial charge in [-0.2, -0.15) is 5.26 Å². The van der Waals surface area contributed by atoms with Gasteiger partial charge in [-0.3, -0.25) is 0 Å². The fourth-order valence-corrected chi connectivity index (χ4v) is 2.42. The molecule has 0 aliphatic carbocycles. The second kappa shape index (κ2) is 5.83. The van der Waals surface area contributed by atoms with Gasteiger partial charge in [-0.25, -0.2) is 4.39 Å². The number of halogens is 1. The van der Waals surface area contributed by atoms with E-state index in [1.54, 1.807) is 6.07 Å². The Bertz CT molecular complexity index is 447. The predicted molar refractivity (Wildman–Crippen MR) is 69.8 cm³/mol. The summed E-state index contributed by atoms with van der Waals surface area (Å²) < 4.78 is 13.3. The fourth-order valence-electron chi connectivity index (χ4n) is 2.42. The van der Waals surface area contributed by atoms with Gasteiger partial charge in [-0.05, 0) is 57.0 Å². The van der Waals surface area contributed by atoms with Crippen LogP contribution in [0.2, 0.25) is 0 Å². The second-order valence-corrected chi connectivity index (χ2v) is 4.88. The molecule has 3 nitrogen and oxygen atoms in total. The van der Waals surface area contributed by atoms with Gasteiger partial charge in [-0.15, -0.1) is 0 Å². The van der Waals surface area contributed by atoms with Gasteiger partial charge < -0.3 is 10.6 Å². The Labute approximate surface area is 107 Å². The summed E-state index contributed by atoms with van der Waals surface area (Å²) in [7, 11) is 0. The van der Waals surface area contributed by atoms with E-state index in [9.17, 15) is 4.39 Å². The normalized spacial score (nSPS) is 21.1. The number of anilines is 1. The van der Waals surface area contributed by atoms with Crippen molar-refractivity contribution in [1.29, 1.82) is 5.26 Å². The highest BCUT2D eigenvalue weighted by Gasteiger charge is 2.19. The molecule has 0 amide bonds. The summed E-state index contributed by atoms with van der Waals surface area (Å²) >= 11 is 0. The lowest BCUT2D eigenvalue weighted by Crippen LogP contribution is -2.38. The fraction of sp³-hybridized carbons (Fsp3) is 0.500. The van der Waals surface area contributed by atoms with Crippen molar-refractivity contribution >= 4 is 5.69 Å². The van der Waals surface area contributed by atoms with Gasteiger partial charge in [0, 0.05) is 11.7 Å². The van der Waals surface area contributed by atoms with Crippen LogP contribution < -0.4 is 10.6 Å². The van der Waals surface area contributed by atoms with Gasteiger partial charge in [-0.1, -0.05) is 0 Å². The predicted octanol–water partition coefficient (Wildman–Crippen LogP) is 2.50. The van der Waals surface area contributed by atoms with Crippen LogP contribution in [0.3, 0.4) is 0 Å². The molecule has 0 aromatic heterocycles. The SMILES string of the molecule is CC(Nc1cc(F)cc(C#N)c1)C1CCCNC1. The van der Waals surface area contributed by atoms with Crippen LogP contribution in [0.25, 0.3) is 0 Å². The van der Waals surface area contributed by atoms with Crippen molar-refractivity contribution in [1.82, 2.24) is 5.32 Å². The Balaban J connectivity index is 2.04. The van der Waals surface area contributed by atoms with Crippen LogP contribution in [0.15, 0.2) is 18.2 Å². The van der Waals surface area contributed by atoms with Crippen LogP contribution in [0, 0.1) is 23.1 Å². The molecule has 1 aliphatic heterocycles. The van der Waals surface area contributed by atoms with E-state index in [-0.39, 0.29) is 11.9 Å². The Morgan fingerprint density at radius 2 is 2.33 bits per heavy atom. The first kappa shape index (κ1) is 12.8. The number of rotatable bonds is 3. The van der Waals surface area contributed by atoms with E-state index in [1.807, 2.05) is 6.07 Å². The average Bonchev–Trinajstić information content (AvgIpc) is 2.39. The standard InChI is InChI=1S/C14H18FN3/c1-10(12-3-2-4-17-9-12)18-14-6-11(8-16)5-13(15)7-14/h5-7,10,12,17-18H,2-4,9H2,1H3. The number of nitrogens with zero attached hydrogens (tertiary/aromatic N) is 1. The number of benzene rings is 1. The first-order chi connectivity index (χ1) is 8.69. The van der Waals surface area contributed by atoms with Crippen molar-refractivity contribution < 1.29 is 4.39 Å². The molecule has 0 spiro atoms. The lowest BCUT2D eigenvalue weighted by Gasteiger charge is -2.29. The van der Waals surface area contributed by atoms with Gasteiger partial charge in [0.05, 0.1) is 11.6 Å². The van der Waals surface area contributed by atoms with Gasteiger partial charge in [0.2, 0.25) is 0 Å². The van der Waals surface area contributed by atoms with Crippen LogP contribution in [-0.2, 0) is 0 Å². The van der Waals surface area contributed by atoms with E-state index in [0.29, 0.717) is 17.2 Å². The summed E-state index contributed by atoms with van der Waals surface area (Å²) in [5.41, 5.74) is 1.04. The summed E-state index contributed by atoms with van der Waals surface area (Å²) in [5, 5.41) is 15.5. The molecule has 2 atom stereocenters. The van der Waals surface area contributed by atoms with Crippen LogP contribution >= 0.6 is 0 Å². The third-order valence-electron chi connectivity index (χ3n) is 3.46. The molecule has 2 N–H and O–H groups in total. The van der Waals surface area contributed by atoms with E-state index in [0.717, 1.165) is 13.1 Å². The molecule has 2 rings (SSSR count). The maximum atomic E-state index is 13.3. The molecule has 1 heterocycles. The summed E-state index contributed by atoms with van der Waals surface area (Å²) in [6.45, 7) is 4.19. The average molecular weight is 247 g/mol. The maximum Gasteiger partial charge on any atom is 0.126 e. The summed E-state index contributed by atoms with van der Waals surface area (Å²) in [4.78, 5) is 0. The van der Waals surface area contributed by atoms with Crippen molar-refractivity contribution in [3.63, 3.8) is 0 Å². The van der Waals surface area contributed by atoms with Crippen molar-refractivity contribution in [2.45, 2.75) is 25.8 Å². The molecule has 1 saturated heterocycles. The van der Waals surface area contributed by atoms with Crippen molar-refractivity contribution in [3.05, 3.63) is 29.6 Å². The third kappa shape index (κ3) is 3.21. The van der Waals surface area contributed by atoms with Crippen molar-refractivity contribution in [2.75, 3.05) is 18.4 Å². The number of piperidine rings is 1. The van der Waals surface area contributed by atoms with Crippen molar-refractivity contribution in [3.8, 4) is 6.07 Å². The summed E-state index contributed by atoms with van der Waals surface area (Å²) in [6.07, 6.45) is 2.37. The highest BCUT2D eigenvalue weighted by Crippen LogP contribution is 2.20. The van der Waals surface area contributed by atoms with Crippen LogP contribution in [0.5, 0.6) is 0 Å². The van der Waals surface area contributed by atoms with E-state index in [2.05, 4.69) is 17.6 Å². The van der Waals surface area contributed by atoms with Gasteiger partial charge in [0.15, 0.2) is 0 Å². The molecular weight excluding hydrogens is 229 g/mol. The molecule has 18 heavy (non-hydrogen) atoms. The van der Waals surface area contributed by atoms with Crippen LogP contribution in [0.1, 0.15) is 25.3 Å². The van der Waals surface area contributed by atoms with Gasteiger partial charge >= 0.3 is 0 Å². The number of hydrogen-bond acceptors (Lipinski definition) is 3. The maximum absolute atomic E-state index is 13.3. The molecule has 0 radical (unpaired) electrons. The van der Waals surface area contributed by atoms with Crippen LogP contribution in [0.4, 0.5) is 10.1 Å². The van der Waals surface area contributed by atoms with Gasteiger partial charge in [0.1, 0.15) is 5.82 Å². The van der Waals surface area contributed by atoms with Crippen molar-refractivity contribution in [2.24, 2.45) is 5.92 Å². The first-order valence-corrected chi connectivity index (χ1v) is 6.37. The molecule has 96 valence electrons. The van der Waals surface area contributed by atoms with E-state index in [1.165, 1.54) is 25.0 Å². The second-order valence-electron chi connectivity index (χ2n) is 4.88. The number of nitriles is 1. The Morgan fingerprint density at radius 1 is 1.50 bits per heavy atom. The minimum Gasteiger partial charge on any atom is -0.382 e. The Morgan fingerprint density at radius 3 is 3.00 bits per heavy atom. The zero-order chi connectivity index (χ0) is 13.0. The van der Waals surface area contributed by atoms with E-state index < -0.39 is 0 Å². The molecule has 1 fully saturated rings. The Hall–Kier alpha value is -1.60. The minimum absolute atomic E-state index is 0.270.